The molecule has 31 heavy (non-hydrogen) atoms. The summed E-state index contributed by atoms with van der Waals surface area (Å²) in [6.45, 7) is 7.78. The number of anilines is 2. The van der Waals surface area contributed by atoms with Gasteiger partial charge in [0.15, 0.2) is 0 Å². The van der Waals surface area contributed by atoms with Crippen molar-refractivity contribution in [2.45, 2.75) is 39.5 Å². The fourth-order valence-corrected chi connectivity index (χ4v) is 4.14. The molecule has 2 aromatic carbocycles. The number of hydrogen-bond acceptors (Lipinski definition) is 5. The molecule has 8 heteroatoms. The summed E-state index contributed by atoms with van der Waals surface area (Å²) in [4.78, 5) is 24.6. The Balaban J connectivity index is 2.34. The van der Waals surface area contributed by atoms with Crippen molar-refractivity contribution in [2.24, 2.45) is 0 Å². The Morgan fingerprint density at radius 3 is 1.90 bits per heavy atom. The number of rotatable bonds is 8. The van der Waals surface area contributed by atoms with Crippen molar-refractivity contribution in [2.75, 3.05) is 29.5 Å². The van der Waals surface area contributed by atoms with Gasteiger partial charge in [0.2, 0.25) is 15.9 Å². The van der Waals surface area contributed by atoms with E-state index in [-0.39, 0.29) is 29.6 Å². The number of carbonyl (C=O) groups excluding carboxylic acids is 2. The van der Waals surface area contributed by atoms with Crippen molar-refractivity contribution < 1.29 is 22.7 Å². The summed E-state index contributed by atoms with van der Waals surface area (Å²) in [5.74, 6) is -0.601. The van der Waals surface area contributed by atoms with Gasteiger partial charge in [-0.15, -0.1) is 0 Å². The minimum atomic E-state index is -3.74. The molecule has 1 amide bonds. The number of amides is 1. The maximum Gasteiger partial charge on any atom is 0.337 e. The monoisotopic (exact) mass is 446 g/mol. The first kappa shape index (κ1) is 24.4. The molecule has 0 aliphatic carbocycles. The van der Waals surface area contributed by atoms with Crippen LogP contribution in [0.3, 0.4) is 0 Å². The topological polar surface area (TPSA) is 92.8 Å². The van der Waals surface area contributed by atoms with Crippen molar-refractivity contribution in [3.8, 4) is 0 Å². The molecule has 2 aromatic rings. The highest BCUT2D eigenvalue weighted by atomic mass is 32.2. The summed E-state index contributed by atoms with van der Waals surface area (Å²) in [6.07, 6.45) is 1.04. The van der Waals surface area contributed by atoms with Crippen LogP contribution < -0.4 is 9.62 Å². The van der Waals surface area contributed by atoms with Crippen LogP contribution in [-0.2, 0) is 19.6 Å². The van der Waals surface area contributed by atoms with Crippen LogP contribution >= 0.6 is 0 Å². The predicted octanol–water partition coefficient (Wildman–Crippen LogP) is 4.12. The Bertz CT molecular complexity index is 1020. The third-order valence-corrected chi connectivity index (χ3v) is 6.04. The second-order valence-corrected chi connectivity index (χ2v) is 9.88. The smallest absolute Gasteiger partial charge is 0.337 e. The van der Waals surface area contributed by atoms with Gasteiger partial charge < -0.3 is 10.1 Å². The van der Waals surface area contributed by atoms with Gasteiger partial charge in [-0.1, -0.05) is 45.9 Å². The Morgan fingerprint density at radius 1 is 0.968 bits per heavy atom. The number of benzene rings is 2. The molecule has 0 spiro atoms. The van der Waals surface area contributed by atoms with E-state index < -0.39 is 21.9 Å². The molecular weight excluding hydrogens is 416 g/mol. The maximum atomic E-state index is 12.9. The molecule has 0 unspecified atom stereocenters. The zero-order chi connectivity index (χ0) is 23.3. The molecule has 1 N–H and O–H groups in total. The van der Waals surface area contributed by atoms with E-state index in [4.69, 9.17) is 0 Å². The summed E-state index contributed by atoms with van der Waals surface area (Å²) in [7, 11) is -2.47. The highest BCUT2D eigenvalue weighted by Crippen LogP contribution is 2.32. The molecule has 0 aliphatic rings. The van der Waals surface area contributed by atoms with Gasteiger partial charge in [0.1, 0.15) is 6.54 Å². The van der Waals surface area contributed by atoms with Gasteiger partial charge >= 0.3 is 5.97 Å². The SMILES string of the molecule is COC(=O)c1ccc(N(CC(=O)Nc2c(C(C)C)cccc2C(C)C)S(C)(=O)=O)cc1. The number of nitrogens with one attached hydrogen (secondary N) is 1. The number of esters is 1. The molecule has 0 heterocycles. The quantitative estimate of drug-likeness (QED) is 0.616. The summed E-state index contributed by atoms with van der Waals surface area (Å²) >= 11 is 0. The van der Waals surface area contributed by atoms with Crippen molar-refractivity contribution in [1.29, 1.82) is 0 Å². The normalized spacial score (nSPS) is 11.5. The number of nitrogens with zero attached hydrogens (tertiary/aromatic N) is 1. The van der Waals surface area contributed by atoms with Gasteiger partial charge in [-0.3, -0.25) is 9.10 Å². The first-order chi connectivity index (χ1) is 14.5. The van der Waals surface area contributed by atoms with Crippen LogP contribution in [0.1, 0.15) is 61.0 Å². The molecule has 0 fully saturated rings. The Hall–Kier alpha value is -2.87. The lowest BCUT2D eigenvalue weighted by atomic mass is 9.92. The zero-order valence-corrected chi connectivity index (χ0v) is 19.6. The first-order valence-electron chi connectivity index (χ1n) is 10.0. The van der Waals surface area contributed by atoms with Gasteiger partial charge in [0, 0.05) is 5.69 Å². The van der Waals surface area contributed by atoms with Gasteiger partial charge in [-0.2, -0.15) is 0 Å². The minimum Gasteiger partial charge on any atom is -0.465 e. The number of para-hydroxylation sites is 1. The molecule has 0 aromatic heterocycles. The van der Waals surface area contributed by atoms with Gasteiger partial charge in [-0.05, 0) is 47.2 Å². The second kappa shape index (κ2) is 9.96. The van der Waals surface area contributed by atoms with E-state index in [2.05, 4.69) is 10.1 Å². The Labute approximate surface area is 184 Å². The Kier molecular flexibility index (Phi) is 7.84. The fraction of sp³-hybridized carbons (Fsp3) is 0.391. The molecule has 0 radical (unpaired) electrons. The number of carbonyl (C=O) groups is 2. The van der Waals surface area contributed by atoms with Crippen molar-refractivity contribution >= 4 is 33.3 Å². The largest absolute Gasteiger partial charge is 0.465 e. The van der Waals surface area contributed by atoms with Crippen LogP contribution in [0.15, 0.2) is 42.5 Å². The number of ether oxygens (including phenoxy) is 1. The third kappa shape index (κ3) is 6.07. The standard InChI is InChI=1S/C23H30N2O5S/c1-15(2)19-8-7-9-20(16(3)4)22(19)24-21(26)14-25(31(6,28)29)18-12-10-17(11-13-18)23(27)30-5/h7-13,15-16H,14H2,1-6H3,(H,24,26). The van der Waals surface area contributed by atoms with Gasteiger partial charge in [0.05, 0.1) is 24.6 Å². The van der Waals surface area contributed by atoms with E-state index in [0.29, 0.717) is 0 Å². The van der Waals surface area contributed by atoms with E-state index >= 15 is 0 Å². The second-order valence-electron chi connectivity index (χ2n) is 7.98. The van der Waals surface area contributed by atoms with E-state index in [1.807, 2.05) is 45.9 Å². The summed E-state index contributed by atoms with van der Waals surface area (Å²) in [6, 6.07) is 11.8. The van der Waals surface area contributed by atoms with Crippen LogP contribution in [-0.4, -0.2) is 40.2 Å². The molecule has 0 aliphatic heterocycles. The number of methoxy groups -OCH3 is 1. The highest BCUT2D eigenvalue weighted by Gasteiger charge is 2.23. The van der Waals surface area contributed by atoms with E-state index in [9.17, 15) is 18.0 Å². The highest BCUT2D eigenvalue weighted by molar-refractivity contribution is 7.92. The summed E-state index contributed by atoms with van der Waals surface area (Å²) in [5, 5.41) is 2.93. The fourth-order valence-electron chi connectivity index (χ4n) is 3.29. The number of sulfonamides is 1. The lowest BCUT2D eigenvalue weighted by Gasteiger charge is -2.24. The van der Waals surface area contributed by atoms with Gasteiger partial charge in [0.25, 0.3) is 0 Å². The molecule has 7 nitrogen and oxygen atoms in total. The lowest BCUT2D eigenvalue weighted by Crippen LogP contribution is -2.37. The molecule has 0 saturated heterocycles. The molecule has 0 bridgehead atoms. The predicted molar refractivity (Wildman–Crippen MR) is 123 cm³/mol. The summed E-state index contributed by atoms with van der Waals surface area (Å²) < 4.78 is 30.5. The molecule has 0 saturated carbocycles. The third-order valence-electron chi connectivity index (χ3n) is 4.90. The van der Waals surface area contributed by atoms with Crippen molar-refractivity contribution in [3.05, 3.63) is 59.2 Å². The van der Waals surface area contributed by atoms with Crippen LogP contribution in [0.5, 0.6) is 0 Å². The van der Waals surface area contributed by atoms with Crippen LogP contribution in [0, 0.1) is 0 Å². The van der Waals surface area contributed by atoms with Crippen molar-refractivity contribution in [1.82, 2.24) is 0 Å². The average molecular weight is 447 g/mol. The van der Waals surface area contributed by atoms with E-state index in [0.717, 1.165) is 27.4 Å². The van der Waals surface area contributed by atoms with Crippen LogP contribution in [0.4, 0.5) is 11.4 Å². The van der Waals surface area contributed by atoms with Crippen molar-refractivity contribution in [3.63, 3.8) is 0 Å². The Morgan fingerprint density at radius 2 is 1.48 bits per heavy atom. The summed E-state index contributed by atoms with van der Waals surface area (Å²) in [5.41, 5.74) is 3.29. The minimum absolute atomic E-state index is 0.186. The average Bonchev–Trinajstić information content (AvgIpc) is 2.70. The van der Waals surface area contributed by atoms with E-state index in [1.54, 1.807) is 0 Å². The van der Waals surface area contributed by atoms with Crippen LogP contribution in [0.2, 0.25) is 0 Å². The zero-order valence-electron chi connectivity index (χ0n) is 18.8. The molecule has 2 rings (SSSR count). The molecule has 168 valence electrons. The molecular formula is C23H30N2O5S. The lowest BCUT2D eigenvalue weighted by molar-refractivity contribution is -0.114. The van der Waals surface area contributed by atoms with Crippen LogP contribution in [0.25, 0.3) is 0 Å². The number of hydrogen-bond donors (Lipinski definition) is 1. The first-order valence-corrected chi connectivity index (χ1v) is 11.9. The van der Waals surface area contributed by atoms with E-state index in [1.165, 1.54) is 31.4 Å². The van der Waals surface area contributed by atoms with Gasteiger partial charge in [-0.25, -0.2) is 13.2 Å². The molecule has 0 atom stereocenters. The maximum absolute atomic E-state index is 12.9.